The molecule has 0 aromatic rings. The molecule has 0 aromatic heterocycles. The van der Waals surface area contributed by atoms with E-state index in [1.54, 1.807) is 7.11 Å². The highest BCUT2D eigenvalue weighted by Crippen LogP contribution is 2.34. The smallest absolute Gasteiger partial charge is 0.0816 e. The zero-order chi connectivity index (χ0) is 11.4. The minimum Gasteiger partial charge on any atom is -0.504 e. The molecule has 0 aromatic carbocycles. The predicted octanol–water partition coefficient (Wildman–Crippen LogP) is 2.95. The summed E-state index contributed by atoms with van der Waals surface area (Å²) in [5.74, 6) is 0.678. The minimum absolute atomic E-state index is 0.267. The number of hydrogen-bond acceptors (Lipinski definition) is 2. The number of hydrogen-bond donors (Lipinski definition) is 1. The highest BCUT2D eigenvalue weighted by molar-refractivity contribution is 5.28. The van der Waals surface area contributed by atoms with Crippen LogP contribution in [0.1, 0.15) is 32.1 Å². The van der Waals surface area contributed by atoms with Gasteiger partial charge in [0.1, 0.15) is 0 Å². The van der Waals surface area contributed by atoms with E-state index in [2.05, 4.69) is 12.2 Å². The second-order valence-corrected chi connectivity index (χ2v) is 4.65. The lowest BCUT2D eigenvalue weighted by atomic mass is 9.80. The first-order chi connectivity index (χ1) is 7.79. The summed E-state index contributed by atoms with van der Waals surface area (Å²) in [6, 6.07) is 0. The standard InChI is InChI=1S/C14H20O2/c1-16-10-11-2-4-12(5-3-11)13-6-8-14(15)9-7-13/h6-8,10,12,14-15H,2-5,9H2,1H3. The number of allylic oxidation sites excluding steroid dienone is 3. The second-order valence-electron chi connectivity index (χ2n) is 4.65. The van der Waals surface area contributed by atoms with E-state index < -0.39 is 0 Å². The summed E-state index contributed by atoms with van der Waals surface area (Å²) in [6.45, 7) is 0. The van der Waals surface area contributed by atoms with Gasteiger partial charge in [-0.25, -0.2) is 0 Å². The van der Waals surface area contributed by atoms with Crippen LogP contribution in [0.25, 0.3) is 0 Å². The summed E-state index contributed by atoms with van der Waals surface area (Å²) in [5.41, 5.74) is 2.85. The van der Waals surface area contributed by atoms with Crippen molar-refractivity contribution >= 4 is 0 Å². The molecule has 0 heterocycles. The van der Waals surface area contributed by atoms with Crippen molar-refractivity contribution in [3.63, 3.8) is 0 Å². The van der Waals surface area contributed by atoms with Crippen LogP contribution in [-0.2, 0) is 4.74 Å². The number of ether oxygens (including phenoxy) is 1. The number of methoxy groups -OCH3 is 1. The zero-order valence-electron chi connectivity index (χ0n) is 9.86. The van der Waals surface area contributed by atoms with Crippen LogP contribution >= 0.6 is 0 Å². The van der Waals surface area contributed by atoms with Gasteiger partial charge in [-0.05, 0) is 49.2 Å². The van der Waals surface area contributed by atoms with Gasteiger partial charge in [-0.3, -0.25) is 0 Å². The Morgan fingerprint density at radius 3 is 2.69 bits per heavy atom. The second kappa shape index (κ2) is 5.35. The highest BCUT2D eigenvalue weighted by Gasteiger charge is 2.20. The molecule has 0 aliphatic heterocycles. The fourth-order valence-electron chi connectivity index (χ4n) is 2.53. The largest absolute Gasteiger partial charge is 0.504 e. The van der Waals surface area contributed by atoms with Crippen molar-refractivity contribution < 1.29 is 9.84 Å². The van der Waals surface area contributed by atoms with Crippen molar-refractivity contribution in [1.29, 1.82) is 0 Å². The molecule has 1 unspecified atom stereocenters. The van der Waals surface area contributed by atoms with Crippen molar-refractivity contribution in [3.8, 4) is 0 Å². The molecule has 88 valence electrons. The van der Waals surface area contributed by atoms with Crippen LogP contribution in [0.4, 0.5) is 0 Å². The molecule has 0 radical (unpaired) electrons. The summed E-state index contributed by atoms with van der Waals surface area (Å²) in [6.07, 6.45) is 13.3. The summed E-state index contributed by atoms with van der Waals surface area (Å²) >= 11 is 0. The first-order valence-corrected chi connectivity index (χ1v) is 6.06. The van der Waals surface area contributed by atoms with Crippen molar-refractivity contribution in [1.82, 2.24) is 0 Å². The summed E-state index contributed by atoms with van der Waals surface area (Å²) in [4.78, 5) is 0. The van der Waals surface area contributed by atoms with Crippen LogP contribution in [0.15, 0.2) is 35.6 Å². The average Bonchev–Trinajstić information content (AvgIpc) is 2.32. The van der Waals surface area contributed by atoms with E-state index in [-0.39, 0.29) is 6.10 Å². The van der Waals surface area contributed by atoms with Crippen LogP contribution in [-0.4, -0.2) is 18.3 Å². The summed E-state index contributed by atoms with van der Waals surface area (Å²) in [5, 5.41) is 9.38. The Labute approximate surface area is 97.3 Å². The maximum absolute atomic E-state index is 9.38. The molecule has 0 amide bonds. The molecule has 2 nitrogen and oxygen atoms in total. The summed E-state index contributed by atoms with van der Waals surface area (Å²) in [7, 11) is 1.72. The van der Waals surface area contributed by atoms with Gasteiger partial charge in [0.15, 0.2) is 0 Å². The van der Waals surface area contributed by atoms with Crippen molar-refractivity contribution in [2.75, 3.05) is 7.11 Å². The molecule has 2 heteroatoms. The first-order valence-electron chi connectivity index (χ1n) is 6.06. The highest BCUT2D eigenvalue weighted by atomic mass is 16.5. The van der Waals surface area contributed by atoms with Crippen LogP contribution in [0.3, 0.4) is 0 Å². The van der Waals surface area contributed by atoms with Gasteiger partial charge < -0.3 is 9.84 Å². The lowest BCUT2D eigenvalue weighted by molar-refractivity contribution is 0.224. The normalized spacial score (nSPS) is 29.9. The molecule has 2 rings (SSSR count). The Morgan fingerprint density at radius 2 is 2.12 bits per heavy atom. The third kappa shape index (κ3) is 2.76. The zero-order valence-corrected chi connectivity index (χ0v) is 9.86. The molecule has 1 saturated carbocycles. The van der Waals surface area contributed by atoms with Crippen molar-refractivity contribution in [3.05, 3.63) is 35.6 Å². The topological polar surface area (TPSA) is 29.5 Å². The Balaban J connectivity index is 1.90. The molecule has 0 spiro atoms. The SMILES string of the molecule is COC=C1CCC(C2=CCC(O)C=C2)CC1. The third-order valence-electron chi connectivity index (χ3n) is 3.49. The quantitative estimate of drug-likeness (QED) is 0.725. The maximum Gasteiger partial charge on any atom is 0.0816 e. The maximum atomic E-state index is 9.38. The van der Waals surface area contributed by atoms with Gasteiger partial charge in [-0.1, -0.05) is 18.2 Å². The number of rotatable bonds is 2. The monoisotopic (exact) mass is 220 g/mol. The van der Waals surface area contributed by atoms with E-state index in [0.717, 1.165) is 19.3 Å². The molecule has 2 aliphatic carbocycles. The molecule has 2 aliphatic rings. The van der Waals surface area contributed by atoms with Gasteiger partial charge in [0.05, 0.1) is 19.5 Å². The van der Waals surface area contributed by atoms with Crippen LogP contribution in [0, 0.1) is 5.92 Å². The van der Waals surface area contributed by atoms with Gasteiger partial charge in [-0.2, -0.15) is 0 Å². The molecular formula is C14H20O2. The van der Waals surface area contributed by atoms with Crippen LogP contribution in [0.5, 0.6) is 0 Å². The van der Waals surface area contributed by atoms with E-state index in [9.17, 15) is 5.11 Å². The molecule has 16 heavy (non-hydrogen) atoms. The first kappa shape index (κ1) is 11.5. The van der Waals surface area contributed by atoms with Gasteiger partial charge in [0.2, 0.25) is 0 Å². The van der Waals surface area contributed by atoms with Gasteiger partial charge >= 0.3 is 0 Å². The van der Waals surface area contributed by atoms with E-state index in [0.29, 0.717) is 5.92 Å². The Kier molecular flexibility index (Phi) is 3.83. The molecule has 1 fully saturated rings. The van der Waals surface area contributed by atoms with E-state index in [1.165, 1.54) is 24.0 Å². The Hall–Kier alpha value is -1.02. The molecule has 0 bridgehead atoms. The third-order valence-corrected chi connectivity index (χ3v) is 3.49. The van der Waals surface area contributed by atoms with E-state index >= 15 is 0 Å². The Bertz CT molecular complexity index is 316. The average molecular weight is 220 g/mol. The fourth-order valence-corrected chi connectivity index (χ4v) is 2.53. The lowest BCUT2D eigenvalue weighted by Gasteiger charge is -2.26. The van der Waals surface area contributed by atoms with E-state index in [1.807, 2.05) is 12.3 Å². The van der Waals surface area contributed by atoms with Gasteiger partial charge in [0.25, 0.3) is 0 Å². The fraction of sp³-hybridized carbons (Fsp3) is 0.571. The van der Waals surface area contributed by atoms with Gasteiger partial charge in [-0.15, -0.1) is 0 Å². The van der Waals surface area contributed by atoms with Crippen molar-refractivity contribution in [2.45, 2.75) is 38.2 Å². The number of aliphatic hydroxyl groups is 1. The van der Waals surface area contributed by atoms with Crippen molar-refractivity contribution in [2.24, 2.45) is 5.92 Å². The predicted molar refractivity (Wildman–Crippen MR) is 64.9 cm³/mol. The van der Waals surface area contributed by atoms with Crippen LogP contribution < -0.4 is 0 Å². The Morgan fingerprint density at radius 1 is 1.38 bits per heavy atom. The van der Waals surface area contributed by atoms with E-state index in [4.69, 9.17) is 4.74 Å². The lowest BCUT2D eigenvalue weighted by Crippen LogP contribution is -2.13. The minimum atomic E-state index is -0.267. The molecule has 0 saturated heterocycles. The summed E-state index contributed by atoms with van der Waals surface area (Å²) < 4.78 is 5.05. The molecule has 1 N–H and O–H groups in total. The number of aliphatic hydroxyl groups excluding tert-OH is 1. The van der Waals surface area contributed by atoms with Crippen LogP contribution in [0.2, 0.25) is 0 Å². The molecular weight excluding hydrogens is 200 g/mol. The molecule has 1 atom stereocenters. The van der Waals surface area contributed by atoms with Gasteiger partial charge in [0, 0.05) is 0 Å².